The Balaban J connectivity index is 1.56. The summed E-state index contributed by atoms with van der Waals surface area (Å²) in [6, 6.07) is 5.23. The summed E-state index contributed by atoms with van der Waals surface area (Å²) < 4.78 is 15.9. The van der Waals surface area contributed by atoms with E-state index in [1.807, 2.05) is 0 Å². The molecule has 3 aliphatic rings. The van der Waals surface area contributed by atoms with Crippen LogP contribution in [0, 0.1) is 23.7 Å². The van der Waals surface area contributed by atoms with Crippen LogP contribution in [0.4, 0.5) is 5.69 Å². The molecule has 3 fully saturated rings. The van der Waals surface area contributed by atoms with E-state index in [2.05, 4.69) is 5.32 Å². The first-order valence-electron chi connectivity index (χ1n) is 7.85. The van der Waals surface area contributed by atoms with Gasteiger partial charge in [-0.1, -0.05) is 0 Å². The van der Waals surface area contributed by atoms with Gasteiger partial charge >= 0.3 is 5.97 Å². The molecule has 23 heavy (non-hydrogen) atoms. The van der Waals surface area contributed by atoms with E-state index in [4.69, 9.17) is 14.2 Å². The lowest BCUT2D eigenvalue weighted by Gasteiger charge is -2.24. The van der Waals surface area contributed by atoms with E-state index in [1.54, 1.807) is 32.4 Å². The van der Waals surface area contributed by atoms with Crippen LogP contribution < -0.4 is 14.8 Å². The van der Waals surface area contributed by atoms with Gasteiger partial charge in [-0.15, -0.1) is 0 Å². The Kier molecular flexibility index (Phi) is 3.21. The molecule has 1 N–H and O–H groups in total. The van der Waals surface area contributed by atoms with Crippen molar-refractivity contribution in [3.05, 3.63) is 18.2 Å². The minimum Gasteiger partial charge on any atom is -0.497 e. The topological polar surface area (TPSA) is 73.9 Å². The summed E-state index contributed by atoms with van der Waals surface area (Å²) in [7, 11) is 3.12. The van der Waals surface area contributed by atoms with Crippen molar-refractivity contribution in [2.45, 2.75) is 18.9 Å². The van der Waals surface area contributed by atoms with Gasteiger partial charge in [0, 0.05) is 12.0 Å². The Morgan fingerprint density at radius 3 is 2.83 bits per heavy atom. The Morgan fingerprint density at radius 1 is 1.26 bits per heavy atom. The minimum absolute atomic E-state index is 0.0390. The summed E-state index contributed by atoms with van der Waals surface area (Å²) in [4.78, 5) is 24.8. The number of methoxy groups -OCH3 is 2. The number of nitrogens with one attached hydrogen (secondary N) is 1. The molecule has 5 atom stereocenters. The third-order valence-electron chi connectivity index (χ3n) is 5.45. The van der Waals surface area contributed by atoms with Gasteiger partial charge in [0.05, 0.1) is 31.7 Å². The van der Waals surface area contributed by atoms with Gasteiger partial charge in [0.15, 0.2) is 0 Å². The monoisotopic (exact) mass is 317 g/mol. The average Bonchev–Trinajstić information content (AvgIpc) is 3.16. The van der Waals surface area contributed by atoms with E-state index in [0.29, 0.717) is 17.2 Å². The number of rotatable bonds is 4. The van der Waals surface area contributed by atoms with Crippen molar-refractivity contribution in [1.29, 1.82) is 0 Å². The molecule has 2 aliphatic carbocycles. The lowest BCUT2D eigenvalue weighted by Crippen LogP contribution is -2.35. The zero-order valence-electron chi connectivity index (χ0n) is 13.1. The summed E-state index contributed by atoms with van der Waals surface area (Å²) in [5, 5.41) is 2.92. The number of ether oxygens (including phenoxy) is 3. The second-order valence-electron chi connectivity index (χ2n) is 6.48. The third kappa shape index (κ3) is 2.08. The molecule has 1 saturated heterocycles. The number of hydrogen-bond acceptors (Lipinski definition) is 5. The quantitative estimate of drug-likeness (QED) is 0.858. The van der Waals surface area contributed by atoms with Crippen molar-refractivity contribution in [3.63, 3.8) is 0 Å². The predicted molar refractivity (Wildman–Crippen MR) is 81.2 cm³/mol. The van der Waals surface area contributed by atoms with Crippen LogP contribution in [0.5, 0.6) is 11.5 Å². The normalized spacial score (nSPS) is 33.5. The van der Waals surface area contributed by atoms with Gasteiger partial charge in [0.1, 0.15) is 17.6 Å². The van der Waals surface area contributed by atoms with Crippen molar-refractivity contribution >= 4 is 17.6 Å². The van der Waals surface area contributed by atoms with E-state index in [0.717, 1.165) is 12.8 Å². The van der Waals surface area contributed by atoms with Crippen molar-refractivity contribution in [2.75, 3.05) is 19.5 Å². The first-order chi connectivity index (χ1) is 11.1. The second kappa shape index (κ2) is 5.15. The average molecular weight is 317 g/mol. The van der Waals surface area contributed by atoms with Crippen LogP contribution in [0.2, 0.25) is 0 Å². The van der Waals surface area contributed by atoms with Gasteiger partial charge in [-0.25, -0.2) is 0 Å². The number of amides is 1. The molecule has 2 bridgehead atoms. The van der Waals surface area contributed by atoms with E-state index in [1.165, 1.54) is 0 Å². The van der Waals surface area contributed by atoms with E-state index < -0.39 is 0 Å². The third-order valence-corrected chi connectivity index (χ3v) is 5.45. The lowest BCUT2D eigenvalue weighted by atomic mass is 9.79. The highest BCUT2D eigenvalue weighted by Crippen LogP contribution is 2.57. The van der Waals surface area contributed by atoms with Gasteiger partial charge in [-0.05, 0) is 30.9 Å². The number of anilines is 1. The maximum absolute atomic E-state index is 12.8. The number of benzene rings is 1. The standard InChI is InChI=1S/C17H19NO5/c1-21-9-3-4-11(13(7-9)22-2)18-16(19)14-8-5-10-12(6-8)23-17(20)15(10)14/h3-4,7-8,10,12,14-15H,5-6H2,1-2H3,(H,18,19)/t8-,10+,12-,14+,15+/m1/s1. The van der Waals surface area contributed by atoms with E-state index in [9.17, 15) is 9.59 Å². The number of hydrogen-bond donors (Lipinski definition) is 1. The number of fused-ring (bicyclic) bond motifs is 1. The summed E-state index contributed by atoms with van der Waals surface area (Å²) in [5.41, 5.74) is 0.587. The van der Waals surface area contributed by atoms with Crippen LogP contribution >= 0.6 is 0 Å². The van der Waals surface area contributed by atoms with Crippen LogP contribution in [-0.2, 0) is 14.3 Å². The molecule has 1 aromatic rings. The first kappa shape index (κ1) is 14.4. The summed E-state index contributed by atoms with van der Waals surface area (Å²) >= 11 is 0. The first-order valence-corrected chi connectivity index (χ1v) is 7.85. The molecule has 2 saturated carbocycles. The predicted octanol–water partition coefficient (Wildman–Crippen LogP) is 1.84. The molecule has 6 nitrogen and oxygen atoms in total. The molecule has 1 aromatic carbocycles. The molecule has 4 rings (SSSR count). The fraction of sp³-hybridized carbons (Fsp3) is 0.529. The zero-order valence-corrected chi connectivity index (χ0v) is 13.1. The number of esters is 1. The number of carbonyl (C=O) groups is 2. The number of carbonyl (C=O) groups excluding carboxylic acids is 2. The maximum atomic E-state index is 12.8. The fourth-order valence-corrected chi connectivity index (χ4v) is 4.48. The molecule has 1 aliphatic heterocycles. The van der Waals surface area contributed by atoms with Crippen molar-refractivity contribution in [1.82, 2.24) is 0 Å². The minimum atomic E-state index is -0.293. The molecule has 122 valence electrons. The molecule has 0 radical (unpaired) electrons. The van der Waals surface area contributed by atoms with Crippen LogP contribution in [0.1, 0.15) is 12.8 Å². The Bertz CT molecular complexity index is 671. The fourth-order valence-electron chi connectivity index (χ4n) is 4.48. The summed E-state index contributed by atoms with van der Waals surface area (Å²) in [6.45, 7) is 0. The maximum Gasteiger partial charge on any atom is 0.310 e. The lowest BCUT2D eigenvalue weighted by molar-refractivity contribution is -0.145. The van der Waals surface area contributed by atoms with Crippen molar-refractivity contribution < 1.29 is 23.8 Å². The van der Waals surface area contributed by atoms with E-state index in [-0.39, 0.29) is 41.7 Å². The molecular formula is C17H19NO5. The highest BCUT2D eigenvalue weighted by Gasteiger charge is 2.63. The molecule has 0 spiro atoms. The van der Waals surface area contributed by atoms with Crippen LogP contribution in [0.3, 0.4) is 0 Å². The van der Waals surface area contributed by atoms with Gasteiger partial charge in [0.2, 0.25) is 5.91 Å². The SMILES string of the molecule is COc1ccc(NC(=O)[C@H]2[C@@H]3C[C@@H]4[C@@H]2C(=O)O[C@@H]4C3)c(OC)c1. The van der Waals surface area contributed by atoms with Crippen LogP contribution in [-0.4, -0.2) is 32.2 Å². The highest BCUT2D eigenvalue weighted by atomic mass is 16.6. The largest absolute Gasteiger partial charge is 0.497 e. The van der Waals surface area contributed by atoms with Gasteiger partial charge in [-0.3, -0.25) is 9.59 Å². The second-order valence-corrected chi connectivity index (χ2v) is 6.48. The van der Waals surface area contributed by atoms with Crippen LogP contribution in [0.25, 0.3) is 0 Å². The van der Waals surface area contributed by atoms with Crippen LogP contribution in [0.15, 0.2) is 18.2 Å². The summed E-state index contributed by atoms with van der Waals surface area (Å²) in [5.74, 6) is 0.757. The smallest absolute Gasteiger partial charge is 0.310 e. The highest BCUT2D eigenvalue weighted by molar-refractivity contribution is 5.98. The molecule has 1 heterocycles. The van der Waals surface area contributed by atoms with Gasteiger partial charge in [0.25, 0.3) is 0 Å². The molecule has 6 heteroatoms. The van der Waals surface area contributed by atoms with Gasteiger partial charge < -0.3 is 19.5 Å². The van der Waals surface area contributed by atoms with Crippen molar-refractivity contribution in [3.8, 4) is 11.5 Å². The van der Waals surface area contributed by atoms with Crippen molar-refractivity contribution in [2.24, 2.45) is 23.7 Å². The van der Waals surface area contributed by atoms with E-state index >= 15 is 0 Å². The van der Waals surface area contributed by atoms with Gasteiger partial charge in [-0.2, -0.15) is 0 Å². The molecule has 0 aromatic heterocycles. The Morgan fingerprint density at radius 2 is 2.09 bits per heavy atom. The Labute approximate surface area is 134 Å². The molecule has 1 amide bonds. The zero-order chi connectivity index (χ0) is 16.1. The molecule has 0 unspecified atom stereocenters. The summed E-state index contributed by atoms with van der Waals surface area (Å²) in [6.07, 6.45) is 1.76. The Hall–Kier alpha value is -2.24. The molecular weight excluding hydrogens is 298 g/mol.